The van der Waals surface area contributed by atoms with Crippen molar-refractivity contribution in [1.82, 2.24) is 0 Å². The Morgan fingerprint density at radius 3 is 2.66 bits per heavy atom. The van der Waals surface area contributed by atoms with E-state index in [0.29, 0.717) is 25.7 Å². The van der Waals surface area contributed by atoms with Crippen molar-refractivity contribution in [3.63, 3.8) is 0 Å². The largest absolute Gasteiger partial charge is 0.488 e. The lowest BCUT2D eigenvalue weighted by molar-refractivity contribution is -0.131. The molecule has 0 aliphatic carbocycles. The van der Waals surface area contributed by atoms with Gasteiger partial charge in [-0.2, -0.15) is 0 Å². The molecule has 0 atom stereocenters. The smallest absolute Gasteiger partial charge is 0.329 e. The van der Waals surface area contributed by atoms with Gasteiger partial charge in [-0.25, -0.2) is 9.18 Å². The molecule has 0 aromatic heterocycles. The number of carboxylic acid groups (broad SMARTS) is 1. The first-order chi connectivity index (χ1) is 13.5. The highest BCUT2D eigenvalue weighted by molar-refractivity contribution is 9.10. The molecule has 0 radical (unpaired) electrons. The van der Waals surface area contributed by atoms with Crippen LogP contribution in [0.5, 0.6) is 5.75 Å². The van der Waals surface area contributed by atoms with Crippen LogP contribution in [0, 0.1) is 5.82 Å². The monoisotopic (exact) mass is 495 g/mol. The second kappa shape index (κ2) is 8.45. The maximum Gasteiger partial charge on any atom is 0.329 e. The average Bonchev–Trinajstić information content (AvgIpc) is 2.58. The molecule has 2 aromatic rings. The lowest BCUT2D eigenvalue weighted by Gasteiger charge is -2.33. The number of halogens is 2. The third-order valence-electron chi connectivity index (χ3n) is 3.92. The highest BCUT2D eigenvalue weighted by Crippen LogP contribution is 2.44. The van der Waals surface area contributed by atoms with E-state index in [1.807, 2.05) is 39.0 Å². The SMILES string of the molecule is CC(C)(C)Oc1ccc2c(c1)SC(=CC(=O)O)C(=S)N2Cc1ccc(Br)cc1F. The number of nitrogens with zero attached hydrogens (tertiary/aromatic N) is 1. The topological polar surface area (TPSA) is 49.8 Å². The highest BCUT2D eigenvalue weighted by atomic mass is 79.9. The fourth-order valence-electron chi connectivity index (χ4n) is 2.80. The van der Waals surface area contributed by atoms with E-state index in [-0.39, 0.29) is 18.0 Å². The third-order valence-corrected chi connectivity index (χ3v) is 6.06. The van der Waals surface area contributed by atoms with Crippen LogP contribution in [0.4, 0.5) is 10.1 Å². The lowest BCUT2D eigenvalue weighted by atomic mass is 10.1. The molecule has 1 aliphatic heterocycles. The second-order valence-corrected chi connectivity index (χ2v) is 9.81. The number of aliphatic carboxylic acids is 1. The van der Waals surface area contributed by atoms with E-state index >= 15 is 0 Å². The number of carboxylic acids is 1. The Hall–Kier alpha value is -1.90. The van der Waals surface area contributed by atoms with Crippen molar-refractivity contribution in [2.45, 2.75) is 37.8 Å². The number of benzene rings is 2. The Bertz CT molecular complexity index is 1020. The zero-order valence-corrected chi connectivity index (χ0v) is 19.3. The molecule has 4 nitrogen and oxygen atoms in total. The van der Waals surface area contributed by atoms with Gasteiger partial charge in [0.25, 0.3) is 0 Å². The van der Waals surface area contributed by atoms with E-state index < -0.39 is 5.97 Å². The molecule has 1 heterocycles. The third kappa shape index (κ3) is 5.38. The minimum atomic E-state index is -1.09. The summed E-state index contributed by atoms with van der Waals surface area (Å²) >= 11 is 10.1. The molecule has 0 saturated carbocycles. The minimum absolute atomic E-state index is 0.182. The van der Waals surface area contributed by atoms with Gasteiger partial charge in [0.05, 0.1) is 17.1 Å². The maximum atomic E-state index is 14.4. The van der Waals surface area contributed by atoms with Crippen LogP contribution in [0.2, 0.25) is 0 Å². The van der Waals surface area contributed by atoms with E-state index in [0.717, 1.165) is 16.7 Å². The van der Waals surface area contributed by atoms with E-state index in [1.54, 1.807) is 17.0 Å². The van der Waals surface area contributed by atoms with Gasteiger partial charge in [-0.3, -0.25) is 0 Å². The first kappa shape index (κ1) is 21.8. The van der Waals surface area contributed by atoms with Crippen LogP contribution < -0.4 is 9.64 Å². The lowest BCUT2D eigenvalue weighted by Crippen LogP contribution is -2.33. The second-order valence-electron chi connectivity index (χ2n) is 7.42. The molecule has 0 spiro atoms. The van der Waals surface area contributed by atoms with Gasteiger partial charge in [0.2, 0.25) is 0 Å². The van der Waals surface area contributed by atoms with Crippen LogP contribution in [0.1, 0.15) is 26.3 Å². The Kier molecular flexibility index (Phi) is 6.36. The number of rotatable bonds is 4. The predicted octanol–water partition coefficient (Wildman–Crippen LogP) is 6.17. The molecule has 0 unspecified atom stereocenters. The number of fused-ring (bicyclic) bond motifs is 1. The molecule has 152 valence electrons. The summed E-state index contributed by atoms with van der Waals surface area (Å²) in [4.78, 5) is 14.6. The molecule has 0 amide bonds. The van der Waals surface area contributed by atoms with Crippen molar-refractivity contribution < 1.29 is 19.0 Å². The van der Waals surface area contributed by atoms with Crippen molar-refractivity contribution in [1.29, 1.82) is 0 Å². The molecule has 0 bridgehead atoms. The summed E-state index contributed by atoms with van der Waals surface area (Å²) in [6.07, 6.45) is 1.08. The van der Waals surface area contributed by atoms with Gasteiger partial charge < -0.3 is 14.7 Å². The van der Waals surface area contributed by atoms with E-state index in [1.165, 1.54) is 17.8 Å². The van der Waals surface area contributed by atoms with Crippen LogP contribution in [0.3, 0.4) is 0 Å². The Balaban J connectivity index is 2.04. The summed E-state index contributed by atoms with van der Waals surface area (Å²) in [6.45, 7) is 6.04. The molecular weight excluding hydrogens is 477 g/mol. The van der Waals surface area contributed by atoms with Crippen LogP contribution >= 0.6 is 39.9 Å². The molecule has 0 fully saturated rings. The summed E-state index contributed by atoms with van der Waals surface area (Å²) < 4.78 is 21.0. The zero-order chi connectivity index (χ0) is 21.3. The van der Waals surface area contributed by atoms with Crippen LogP contribution in [0.15, 0.2) is 56.7 Å². The minimum Gasteiger partial charge on any atom is -0.488 e. The number of ether oxygens (including phenoxy) is 1. The number of hydrogen-bond donors (Lipinski definition) is 1. The van der Waals surface area contributed by atoms with Gasteiger partial charge in [0.1, 0.15) is 22.2 Å². The Morgan fingerprint density at radius 2 is 2.03 bits per heavy atom. The van der Waals surface area contributed by atoms with Crippen LogP contribution in [-0.2, 0) is 11.3 Å². The standard InChI is InChI=1S/C21H19BrFNO3S2/c1-21(2,3)27-14-6-7-16-17(9-14)29-18(10-19(25)26)20(28)24(16)11-12-4-5-13(22)8-15(12)23/h4-10H,11H2,1-3H3,(H,25,26). The molecular formula is C21H19BrFNO3S2. The van der Waals surface area contributed by atoms with Crippen molar-refractivity contribution in [3.05, 3.63) is 63.2 Å². The van der Waals surface area contributed by atoms with E-state index in [4.69, 9.17) is 17.0 Å². The summed E-state index contributed by atoms with van der Waals surface area (Å²) in [5.74, 6) is -0.783. The fourth-order valence-corrected chi connectivity index (χ4v) is 4.53. The van der Waals surface area contributed by atoms with Gasteiger partial charge in [-0.05, 0) is 51.1 Å². The highest BCUT2D eigenvalue weighted by Gasteiger charge is 2.28. The average molecular weight is 496 g/mol. The van der Waals surface area contributed by atoms with Crippen LogP contribution in [-0.4, -0.2) is 21.7 Å². The molecule has 1 aliphatic rings. The summed E-state index contributed by atoms with van der Waals surface area (Å²) in [5.41, 5.74) is 0.868. The maximum absolute atomic E-state index is 14.4. The molecule has 1 N–H and O–H groups in total. The first-order valence-corrected chi connectivity index (χ1v) is 10.8. The number of anilines is 1. The molecule has 0 saturated heterocycles. The van der Waals surface area contributed by atoms with Crippen molar-refractivity contribution in [2.75, 3.05) is 4.90 Å². The summed E-state index contributed by atoms with van der Waals surface area (Å²) in [6, 6.07) is 10.4. The van der Waals surface area contributed by atoms with Gasteiger partial charge in [0, 0.05) is 21.0 Å². The first-order valence-electron chi connectivity index (χ1n) is 8.75. The molecule has 29 heavy (non-hydrogen) atoms. The number of carbonyl (C=O) groups is 1. The van der Waals surface area contributed by atoms with Crippen molar-refractivity contribution >= 4 is 56.6 Å². The van der Waals surface area contributed by atoms with Crippen LogP contribution in [0.25, 0.3) is 0 Å². The van der Waals surface area contributed by atoms with Gasteiger partial charge >= 0.3 is 5.97 Å². The Labute approximate surface area is 186 Å². The number of thiocarbonyl (C=S) groups is 1. The van der Waals surface area contributed by atoms with Crippen molar-refractivity contribution in [3.8, 4) is 5.75 Å². The van der Waals surface area contributed by atoms with Gasteiger partial charge in [-0.1, -0.05) is 46.0 Å². The summed E-state index contributed by atoms with van der Waals surface area (Å²) in [7, 11) is 0. The number of thioether (sulfide) groups is 1. The quantitative estimate of drug-likeness (QED) is 0.404. The molecule has 8 heteroatoms. The zero-order valence-electron chi connectivity index (χ0n) is 16.0. The fraction of sp³-hybridized carbons (Fsp3) is 0.238. The molecule has 3 rings (SSSR count). The predicted molar refractivity (Wildman–Crippen MR) is 121 cm³/mol. The Morgan fingerprint density at radius 1 is 1.31 bits per heavy atom. The van der Waals surface area contributed by atoms with E-state index in [2.05, 4.69) is 15.9 Å². The van der Waals surface area contributed by atoms with Gasteiger partial charge in [0.15, 0.2) is 0 Å². The van der Waals surface area contributed by atoms with Crippen molar-refractivity contribution in [2.24, 2.45) is 0 Å². The van der Waals surface area contributed by atoms with E-state index in [9.17, 15) is 14.3 Å². The molecule has 2 aromatic carbocycles. The summed E-state index contributed by atoms with van der Waals surface area (Å²) in [5, 5.41) is 9.23. The van der Waals surface area contributed by atoms with Gasteiger partial charge in [-0.15, -0.1) is 0 Å². The normalized spacial score (nSPS) is 15.4. The number of hydrogen-bond acceptors (Lipinski definition) is 4.